The minimum Gasteiger partial charge on any atom is -0.477 e. The topological polar surface area (TPSA) is 89.4 Å². The van der Waals surface area contributed by atoms with E-state index in [1.54, 1.807) is 13.0 Å². The molecule has 0 radical (unpaired) electrons. The molecule has 6 heteroatoms. The van der Waals surface area contributed by atoms with Gasteiger partial charge in [-0.2, -0.15) is 0 Å². The maximum Gasteiger partial charge on any atom is 0.341 e. The Labute approximate surface area is 90.8 Å². The minimum absolute atomic E-state index is 0.0240. The van der Waals surface area contributed by atoms with E-state index in [2.05, 4.69) is 10.3 Å². The normalized spacial score (nSPS) is 10.6. The van der Waals surface area contributed by atoms with E-state index >= 15 is 0 Å². The summed E-state index contributed by atoms with van der Waals surface area (Å²) in [4.78, 5) is 11.0. The van der Waals surface area contributed by atoms with Crippen LogP contribution in [0.5, 0.6) is 0 Å². The van der Waals surface area contributed by atoms with Crippen molar-refractivity contribution in [3.05, 3.63) is 23.1 Å². The third kappa shape index (κ3) is 1.58. The van der Waals surface area contributed by atoms with Crippen molar-refractivity contribution in [1.82, 2.24) is 10.3 Å². The van der Waals surface area contributed by atoms with Crippen LogP contribution < -0.4 is 0 Å². The highest BCUT2D eigenvalue weighted by Crippen LogP contribution is 2.25. The van der Waals surface area contributed by atoms with Gasteiger partial charge in [-0.05, 0) is 6.92 Å². The largest absolute Gasteiger partial charge is 0.477 e. The van der Waals surface area contributed by atoms with E-state index in [1.165, 1.54) is 0 Å². The fraction of sp³-hybridized carbons (Fsp3) is 0.300. The van der Waals surface area contributed by atoms with Crippen LogP contribution in [0.4, 0.5) is 0 Å². The average Bonchev–Trinajstić information content (AvgIpc) is 2.82. The number of nitrogens with zero attached hydrogens (tertiary/aromatic N) is 2. The van der Waals surface area contributed by atoms with E-state index < -0.39 is 5.97 Å². The fourth-order valence-electron chi connectivity index (χ4n) is 1.38. The number of rotatable bonds is 3. The molecule has 2 heterocycles. The van der Waals surface area contributed by atoms with Gasteiger partial charge >= 0.3 is 5.97 Å². The zero-order valence-corrected chi connectivity index (χ0v) is 8.85. The summed E-state index contributed by atoms with van der Waals surface area (Å²) in [5.41, 5.74) is 0.703. The second kappa shape index (κ2) is 3.80. The highest BCUT2D eigenvalue weighted by Gasteiger charge is 2.23. The molecule has 0 unspecified atom stereocenters. The first-order valence-corrected chi connectivity index (χ1v) is 4.79. The highest BCUT2D eigenvalue weighted by molar-refractivity contribution is 5.94. The van der Waals surface area contributed by atoms with Crippen LogP contribution in [0.1, 0.15) is 28.7 Å². The molecule has 0 aliphatic carbocycles. The molecule has 84 valence electrons. The molecule has 0 atom stereocenters. The van der Waals surface area contributed by atoms with Gasteiger partial charge in [0.05, 0.1) is 5.69 Å². The van der Waals surface area contributed by atoms with Crippen molar-refractivity contribution in [1.29, 1.82) is 0 Å². The van der Waals surface area contributed by atoms with E-state index in [9.17, 15) is 4.79 Å². The summed E-state index contributed by atoms with van der Waals surface area (Å²) in [6, 6.07) is 1.65. The number of carbonyl (C=O) groups is 1. The number of carboxylic acids is 1. The Morgan fingerprint density at radius 1 is 1.44 bits per heavy atom. The van der Waals surface area contributed by atoms with Crippen LogP contribution >= 0.6 is 0 Å². The third-order valence-corrected chi connectivity index (χ3v) is 2.22. The Morgan fingerprint density at radius 2 is 2.19 bits per heavy atom. The maximum atomic E-state index is 11.0. The lowest BCUT2D eigenvalue weighted by Gasteiger charge is -1.90. The standard InChI is InChI=1S/C10H10N2O4/c1-3-6-4-7(12-15-6)9-8(10(13)14)5(2)11-16-9/h4H,3H2,1-2H3,(H,13,14). The van der Waals surface area contributed by atoms with Crippen LogP contribution in [0.3, 0.4) is 0 Å². The van der Waals surface area contributed by atoms with Crippen molar-refractivity contribution in [2.24, 2.45) is 0 Å². The van der Waals surface area contributed by atoms with Gasteiger partial charge in [0.1, 0.15) is 11.3 Å². The van der Waals surface area contributed by atoms with Crippen LogP contribution in [0, 0.1) is 6.92 Å². The number of hydrogen-bond donors (Lipinski definition) is 1. The molecule has 0 amide bonds. The summed E-state index contributed by atoms with van der Waals surface area (Å²) in [6.07, 6.45) is 0.683. The Morgan fingerprint density at radius 3 is 2.75 bits per heavy atom. The van der Waals surface area contributed by atoms with Gasteiger partial charge in [-0.1, -0.05) is 17.2 Å². The van der Waals surface area contributed by atoms with Crippen LogP contribution in [0.25, 0.3) is 11.5 Å². The predicted molar refractivity (Wildman–Crippen MR) is 53.1 cm³/mol. The van der Waals surface area contributed by atoms with Crippen LogP contribution in [-0.4, -0.2) is 21.4 Å². The summed E-state index contributed by atoms with van der Waals surface area (Å²) < 4.78 is 9.93. The molecule has 6 nitrogen and oxygen atoms in total. The SMILES string of the molecule is CCc1cc(-c2onc(C)c2C(=O)O)no1. The van der Waals surface area contributed by atoms with Gasteiger partial charge in [-0.25, -0.2) is 4.79 Å². The Kier molecular flexibility index (Phi) is 2.47. The number of aromatic nitrogens is 2. The molecule has 0 aliphatic heterocycles. The maximum absolute atomic E-state index is 11.0. The van der Waals surface area contributed by atoms with Crippen LogP contribution in [0.15, 0.2) is 15.1 Å². The molecule has 0 fully saturated rings. The van der Waals surface area contributed by atoms with E-state index in [4.69, 9.17) is 14.2 Å². The van der Waals surface area contributed by atoms with Gasteiger partial charge in [-0.3, -0.25) is 0 Å². The van der Waals surface area contributed by atoms with E-state index in [0.29, 0.717) is 23.6 Å². The van der Waals surface area contributed by atoms with E-state index in [1.807, 2.05) is 6.92 Å². The zero-order valence-electron chi connectivity index (χ0n) is 8.85. The van der Waals surface area contributed by atoms with Crippen molar-refractivity contribution in [3.8, 4) is 11.5 Å². The van der Waals surface area contributed by atoms with Gasteiger partial charge in [0.25, 0.3) is 0 Å². The summed E-state index contributed by atoms with van der Waals surface area (Å²) in [5, 5.41) is 16.4. The Balaban J connectivity index is 2.51. The summed E-state index contributed by atoms with van der Waals surface area (Å²) in [5.74, 6) is -0.288. The lowest BCUT2D eigenvalue weighted by Crippen LogP contribution is -1.99. The minimum atomic E-state index is -1.09. The lowest BCUT2D eigenvalue weighted by atomic mass is 10.1. The summed E-state index contributed by atoms with van der Waals surface area (Å²) in [7, 11) is 0. The van der Waals surface area contributed by atoms with Crippen molar-refractivity contribution < 1.29 is 18.9 Å². The first kappa shape index (κ1) is 10.4. The molecule has 2 aromatic heterocycles. The monoisotopic (exact) mass is 222 g/mol. The first-order valence-electron chi connectivity index (χ1n) is 4.79. The lowest BCUT2D eigenvalue weighted by molar-refractivity contribution is 0.0696. The Hall–Kier alpha value is -2.11. The molecule has 0 spiro atoms. The van der Waals surface area contributed by atoms with Gasteiger partial charge in [-0.15, -0.1) is 0 Å². The second-order valence-corrected chi connectivity index (χ2v) is 3.31. The number of hydrogen-bond acceptors (Lipinski definition) is 5. The van der Waals surface area contributed by atoms with Crippen molar-refractivity contribution >= 4 is 5.97 Å². The molecule has 0 bridgehead atoms. The third-order valence-electron chi connectivity index (χ3n) is 2.22. The molecule has 0 saturated heterocycles. The van der Waals surface area contributed by atoms with Gasteiger partial charge in [0, 0.05) is 12.5 Å². The Bertz CT molecular complexity index is 527. The highest BCUT2D eigenvalue weighted by atomic mass is 16.5. The summed E-state index contributed by atoms with van der Waals surface area (Å²) >= 11 is 0. The molecule has 16 heavy (non-hydrogen) atoms. The van der Waals surface area contributed by atoms with Crippen molar-refractivity contribution in [2.45, 2.75) is 20.3 Å². The van der Waals surface area contributed by atoms with Crippen molar-refractivity contribution in [3.63, 3.8) is 0 Å². The number of aromatic carboxylic acids is 1. The average molecular weight is 222 g/mol. The molecule has 0 aromatic carbocycles. The summed E-state index contributed by atoms with van der Waals surface area (Å²) in [6.45, 7) is 3.48. The molecular weight excluding hydrogens is 212 g/mol. The predicted octanol–water partition coefficient (Wildman–Crippen LogP) is 1.90. The molecule has 0 aliphatic rings. The number of aryl methyl sites for hydroxylation is 2. The van der Waals surface area contributed by atoms with E-state index in [0.717, 1.165) is 0 Å². The van der Waals surface area contributed by atoms with Crippen molar-refractivity contribution in [2.75, 3.05) is 0 Å². The quantitative estimate of drug-likeness (QED) is 0.852. The zero-order chi connectivity index (χ0) is 11.7. The fourth-order valence-corrected chi connectivity index (χ4v) is 1.38. The van der Waals surface area contributed by atoms with Gasteiger partial charge < -0.3 is 14.2 Å². The van der Waals surface area contributed by atoms with Gasteiger partial charge in [0.15, 0.2) is 5.69 Å². The first-order chi connectivity index (χ1) is 7.63. The molecule has 2 rings (SSSR count). The number of carboxylic acid groups (broad SMARTS) is 1. The van der Waals surface area contributed by atoms with Crippen LogP contribution in [-0.2, 0) is 6.42 Å². The smallest absolute Gasteiger partial charge is 0.341 e. The molecule has 2 aromatic rings. The second-order valence-electron chi connectivity index (χ2n) is 3.31. The molecular formula is C10H10N2O4. The van der Waals surface area contributed by atoms with Crippen LogP contribution in [0.2, 0.25) is 0 Å². The van der Waals surface area contributed by atoms with Gasteiger partial charge in [0.2, 0.25) is 5.76 Å². The molecule has 1 N–H and O–H groups in total. The van der Waals surface area contributed by atoms with E-state index in [-0.39, 0.29) is 11.3 Å². The molecule has 0 saturated carbocycles.